The molecule has 2 aromatic rings. The molecule has 2 rings (SSSR count). The fourth-order valence-electron chi connectivity index (χ4n) is 1.39. The molecule has 0 spiro atoms. The third-order valence-corrected chi connectivity index (χ3v) is 2.19. The van der Waals surface area contributed by atoms with Gasteiger partial charge in [0.1, 0.15) is 17.8 Å². The van der Waals surface area contributed by atoms with E-state index in [4.69, 9.17) is 9.52 Å². The zero-order valence-electron chi connectivity index (χ0n) is 8.72. The first-order valence-electron chi connectivity index (χ1n) is 4.70. The summed E-state index contributed by atoms with van der Waals surface area (Å²) in [6.45, 7) is 0. The van der Waals surface area contributed by atoms with Crippen LogP contribution in [0.1, 0.15) is 21.7 Å². The summed E-state index contributed by atoms with van der Waals surface area (Å²) >= 11 is 0. The number of halogens is 2. The normalized spacial score (nSPS) is 9.71. The van der Waals surface area contributed by atoms with Crippen molar-refractivity contribution in [2.45, 2.75) is 6.42 Å². The first-order valence-corrected chi connectivity index (χ1v) is 4.70. The van der Waals surface area contributed by atoms with Crippen LogP contribution in [0.15, 0.2) is 41.0 Å². The molecule has 90 valence electrons. The molecule has 0 saturated heterocycles. The van der Waals surface area contributed by atoms with Gasteiger partial charge >= 0.3 is 5.97 Å². The first-order chi connectivity index (χ1) is 7.65. The number of carbonyl (C=O) groups is 1. The number of furan rings is 1. The van der Waals surface area contributed by atoms with Crippen molar-refractivity contribution in [3.63, 3.8) is 0 Å². The topological polar surface area (TPSA) is 50.4 Å². The van der Waals surface area contributed by atoms with Crippen molar-refractivity contribution >= 4 is 18.4 Å². The van der Waals surface area contributed by atoms with Crippen LogP contribution in [0, 0.1) is 5.82 Å². The van der Waals surface area contributed by atoms with Gasteiger partial charge in [0.05, 0.1) is 5.56 Å². The monoisotopic (exact) mass is 256 g/mol. The molecule has 0 unspecified atom stereocenters. The number of carboxylic acids is 1. The highest BCUT2D eigenvalue weighted by Crippen LogP contribution is 2.13. The molecule has 0 aliphatic rings. The Balaban J connectivity index is 0.00000144. The lowest BCUT2D eigenvalue weighted by atomic mass is 10.1. The molecule has 3 nitrogen and oxygen atoms in total. The Hall–Kier alpha value is -1.81. The van der Waals surface area contributed by atoms with Crippen LogP contribution < -0.4 is 0 Å². The second-order valence-electron chi connectivity index (χ2n) is 3.41. The third-order valence-electron chi connectivity index (χ3n) is 2.19. The number of rotatable bonds is 3. The van der Waals surface area contributed by atoms with Crippen LogP contribution in [0.25, 0.3) is 0 Å². The summed E-state index contributed by atoms with van der Waals surface area (Å²) in [7, 11) is 0. The van der Waals surface area contributed by atoms with E-state index >= 15 is 0 Å². The van der Waals surface area contributed by atoms with Crippen molar-refractivity contribution in [1.29, 1.82) is 0 Å². The smallest absolute Gasteiger partial charge is 0.338 e. The van der Waals surface area contributed by atoms with Gasteiger partial charge in [-0.3, -0.25) is 0 Å². The summed E-state index contributed by atoms with van der Waals surface area (Å²) in [4.78, 5) is 10.6. The molecule has 1 N–H and O–H groups in total. The van der Waals surface area contributed by atoms with Gasteiger partial charge in [-0.25, -0.2) is 9.18 Å². The van der Waals surface area contributed by atoms with Crippen LogP contribution in [-0.4, -0.2) is 11.1 Å². The SMILES string of the molecule is Cl.O=C(O)c1coc(Cc2ccc(F)cc2)c1. The standard InChI is InChI=1S/C12H9FO3.ClH/c13-10-3-1-8(2-4-10)5-11-6-9(7-16-11)12(14)15;/h1-4,6-7H,5H2,(H,14,15);1H. The van der Waals surface area contributed by atoms with Gasteiger partial charge in [0.25, 0.3) is 0 Å². The van der Waals surface area contributed by atoms with Gasteiger partial charge in [-0.2, -0.15) is 0 Å². The molecule has 0 amide bonds. The Labute approximate surface area is 103 Å². The van der Waals surface area contributed by atoms with Gasteiger partial charge in [-0.05, 0) is 23.8 Å². The second kappa shape index (κ2) is 5.50. The minimum atomic E-state index is -1.02. The molecule has 0 aliphatic heterocycles. The molecule has 0 aliphatic carbocycles. The highest BCUT2D eigenvalue weighted by molar-refractivity contribution is 5.87. The minimum Gasteiger partial charge on any atom is -0.478 e. The van der Waals surface area contributed by atoms with E-state index in [0.29, 0.717) is 12.2 Å². The highest BCUT2D eigenvalue weighted by atomic mass is 35.5. The van der Waals surface area contributed by atoms with Crippen LogP contribution in [-0.2, 0) is 6.42 Å². The van der Waals surface area contributed by atoms with Crippen LogP contribution >= 0.6 is 12.4 Å². The number of hydrogen-bond acceptors (Lipinski definition) is 2. The molecule has 17 heavy (non-hydrogen) atoms. The lowest BCUT2D eigenvalue weighted by Gasteiger charge is -1.97. The van der Waals surface area contributed by atoms with E-state index in [9.17, 15) is 9.18 Å². The Morgan fingerprint density at radius 1 is 1.29 bits per heavy atom. The van der Waals surface area contributed by atoms with Gasteiger partial charge in [0.15, 0.2) is 0 Å². The highest BCUT2D eigenvalue weighted by Gasteiger charge is 2.08. The van der Waals surface area contributed by atoms with E-state index in [-0.39, 0.29) is 23.8 Å². The molecule has 1 heterocycles. The van der Waals surface area contributed by atoms with Crippen molar-refractivity contribution in [1.82, 2.24) is 0 Å². The molecule has 5 heteroatoms. The van der Waals surface area contributed by atoms with Gasteiger partial charge < -0.3 is 9.52 Å². The third kappa shape index (κ3) is 3.32. The molecule has 1 aromatic carbocycles. The Bertz CT molecular complexity index is 505. The summed E-state index contributed by atoms with van der Waals surface area (Å²) in [5.41, 5.74) is 0.991. The van der Waals surface area contributed by atoms with E-state index in [0.717, 1.165) is 5.56 Å². The Morgan fingerprint density at radius 3 is 2.47 bits per heavy atom. The van der Waals surface area contributed by atoms with Crippen molar-refractivity contribution in [2.75, 3.05) is 0 Å². The molecule has 0 saturated carbocycles. The van der Waals surface area contributed by atoms with Crippen LogP contribution in [0.4, 0.5) is 4.39 Å². The number of aromatic carboxylic acids is 1. The van der Waals surface area contributed by atoms with Crippen LogP contribution in [0.3, 0.4) is 0 Å². The van der Waals surface area contributed by atoms with Gasteiger partial charge in [-0.1, -0.05) is 12.1 Å². The van der Waals surface area contributed by atoms with E-state index in [1.54, 1.807) is 12.1 Å². The predicted molar refractivity (Wildman–Crippen MR) is 62.1 cm³/mol. The van der Waals surface area contributed by atoms with E-state index in [2.05, 4.69) is 0 Å². The maximum absolute atomic E-state index is 12.6. The van der Waals surface area contributed by atoms with E-state index in [1.165, 1.54) is 24.5 Å². The maximum atomic E-state index is 12.6. The summed E-state index contributed by atoms with van der Waals surface area (Å²) in [5.74, 6) is -0.771. The number of carboxylic acid groups (broad SMARTS) is 1. The van der Waals surface area contributed by atoms with Crippen molar-refractivity contribution in [2.24, 2.45) is 0 Å². The Morgan fingerprint density at radius 2 is 1.94 bits per heavy atom. The van der Waals surface area contributed by atoms with Crippen molar-refractivity contribution in [3.8, 4) is 0 Å². The summed E-state index contributed by atoms with van der Waals surface area (Å²) in [6.07, 6.45) is 1.65. The molecule has 0 bridgehead atoms. The lowest BCUT2D eigenvalue weighted by Crippen LogP contribution is -1.92. The van der Waals surface area contributed by atoms with Crippen molar-refractivity contribution < 1.29 is 18.7 Å². The summed E-state index contributed by atoms with van der Waals surface area (Å²) < 4.78 is 17.7. The average Bonchev–Trinajstić information content (AvgIpc) is 2.70. The quantitative estimate of drug-likeness (QED) is 0.918. The largest absolute Gasteiger partial charge is 0.478 e. The molecule has 0 fully saturated rings. The fraction of sp³-hybridized carbons (Fsp3) is 0.0833. The zero-order chi connectivity index (χ0) is 11.5. The lowest BCUT2D eigenvalue weighted by molar-refractivity contribution is 0.0696. The van der Waals surface area contributed by atoms with Gasteiger partial charge in [-0.15, -0.1) is 12.4 Å². The molecule has 0 radical (unpaired) electrons. The van der Waals surface area contributed by atoms with E-state index < -0.39 is 5.97 Å². The minimum absolute atomic E-state index is 0. The van der Waals surface area contributed by atoms with Crippen LogP contribution in [0.5, 0.6) is 0 Å². The predicted octanol–water partition coefficient (Wildman–Crippen LogP) is 3.13. The summed E-state index contributed by atoms with van der Waals surface area (Å²) in [5, 5.41) is 8.69. The molecule has 1 aromatic heterocycles. The summed E-state index contributed by atoms with van der Waals surface area (Å²) in [6, 6.07) is 7.45. The Kier molecular flexibility index (Phi) is 4.29. The van der Waals surface area contributed by atoms with Gasteiger partial charge in [0, 0.05) is 6.42 Å². The fourth-order valence-corrected chi connectivity index (χ4v) is 1.39. The molecule has 0 atom stereocenters. The van der Waals surface area contributed by atoms with Crippen LogP contribution in [0.2, 0.25) is 0 Å². The van der Waals surface area contributed by atoms with Crippen molar-refractivity contribution in [3.05, 3.63) is 59.3 Å². The molecular formula is C12H10ClFO3. The van der Waals surface area contributed by atoms with E-state index in [1.807, 2.05) is 0 Å². The first kappa shape index (κ1) is 13.3. The maximum Gasteiger partial charge on any atom is 0.338 e. The number of benzene rings is 1. The van der Waals surface area contributed by atoms with Gasteiger partial charge in [0.2, 0.25) is 0 Å². The average molecular weight is 257 g/mol. The number of hydrogen-bond donors (Lipinski definition) is 1. The second-order valence-corrected chi connectivity index (χ2v) is 3.41. The molecular weight excluding hydrogens is 247 g/mol. The zero-order valence-corrected chi connectivity index (χ0v) is 9.54.